The molecule has 0 radical (unpaired) electrons. The first-order valence-corrected chi connectivity index (χ1v) is 4.65. The van der Waals surface area contributed by atoms with E-state index in [0.29, 0.717) is 0 Å². The van der Waals surface area contributed by atoms with Crippen molar-refractivity contribution in [1.82, 2.24) is 4.57 Å². The molecule has 0 amide bonds. The summed E-state index contributed by atoms with van der Waals surface area (Å²) >= 11 is 0. The lowest BCUT2D eigenvalue weighted by Gasteiger charge is -2.00. The van der Waals surface area contributed by atoms with E-state index in [9.17, 15) is 4.79 Å². The standard InChI is InChI=1S/C11H15NO/c1-2-3-4-6-9-12-10-7-5-8-11(12)13/h3-5,7-8,10H,2,6,9H2,1H3. The van der Waals surface area contributed by atoms with Crippen molar-refractivity contribution in [3.63, 3.8) is 0 Å². The normalized spacial score (nSPS) is 10.8. The van der Waals surface area contributed by atoms with E-state index in [1.165, 1.54) is 0 Å². The van der Waals surface area contributed by atoms with Gasteiger partial charge in [0.05, 0.1) is 0 Å². The van der Waals surface area contributed by atoms with Crippen LogP contribution in [0.2, 0.25) is 0 Å². The van der Waals surface area contributed by atoms with E-state index in [0.717, 1.165) is 19.4 Å². The van der Waals surface area contributed by atoms with Gasteiger partial charge in [-0.25, -0.2) is 0 Å². The fourth-order valence-corrected chi connectivity index (χ4v) is 1.14. The molecule has 0 aromatic carbocycles. The summed E-state index contributed by atoms with van der Waals surface area (Å²) in [5, 5.41) is 0. The molecule has 1 aromatic heterocycles. The third kappa shape index (κ3) is 3.28. The molecule has 0 fully saturated rings. The van der Waals surface area contributed by atoms with Crippen LogP contribution in [0.25, 0.3) is 0 Å². The van der Waals surface area contributed by atoms with Gasteiger partial charge in [0, 0.05) is 18.8 Å². The second kappa shape index (κ2) is 5.36. The van der Waals surface area contributed by atoms with Crippen molar-refractivity contribution >= 4 is 0 Å². The Bertz CT molecular complexity index is 325. The lowest BCUT2D eigenvalue weighted by atomic mass is 10.3. The summed E-state index contributed by atoms with van der Waals surface area (Å²) in [7, 11) is 0. The zero-order valence-electron chi connectivity index (χ0n) is 7.94. The van der Waals surface area contributed by atoms with Crippen molar-refractivity contribution in [2.75, 3.05) is 0 Å². The highest BCUT2D eigenvalue weighted by Gasteiger charge is 1.89. The van der Waals surface area contributed by atoms with Gasteiger partial charge in [-0.1, -0.05) is 25.1 Å². The summed E-state index contributed by atoms with van der Waals surface area (Å²) in [6, 6.07) is 5.23. The van der Waals surface area contributed by atoms with E-state index in [1.807, 2.05) is 12.3 Å². The van der Waals surface area contributed by atoms with Gasteiger partial charge in [0.15, 0.2) is 0 Å². The molecular weight excluding hydrogens is 162 g/mol. The molecule has 70 valence electrons. The van der Waals surface area contributed by atoms with Crippen LogP contribution in [0.15, 0.2) is 41.3 Å². The molecule has 0 saturated heterocycles. The van der Waals surface area contributed by atoms with Gasteiger partial charge in [0.25, 0.3) is 5.56 Å². The summed E-state index contributed by atoms with van der Waals surface area (Å²) in [5.41, 5.74) is 0.0763. The largest absolute Gasteiger partial charge is 0.315 e. The summed E-state index contributed by atoms with van der Waals surface area (Å²) in [5.74, 6) is 0. The lowest BCUT2D eigenvalue weighted by Crippen LogP contribution is -2.17. The van der Waals surface area contributed by atoms with Crippen LogP contribution in [0, 0.1) is 0 Å². The van der Waals surface area contributed by atoms with Crippen molar-refractivity contribution in [3.05, 3.63) is 46.9 Å². The zero-order valence-corrected chi connectivity index (χ0v) is 7.94. The Morgan fingerprint density at radius 2 is 2.23 bits per heavy atom. The molecule has 0 N–H and O–H groups in total. The number of aromatic nitrogens is 1. The fourth-order valence-electron chi connectivity index (χ4n) is 1.14. The van der Waals surface area contributed by atoms with Crippen LogP contribution in [0.1, 0.15) is 19.8 Å². The average molecular weight is 177 g/mol. The molecule has 1 heterocycles. The summed E-state index contributed by atoms with van der Waals surface area (Å²) in [6.45, 7) is 2.88. The topological polar surface area (TPSA) is 22.0 Å². The van der Waals surface area contributed by atoms with E-state index in [2.05, 4.69) is 19.1 Å². The molecular formula is C11H15NO. The fraction of sp³-hybridized carbons (Fsp3) is 0.364. The second-order valence-corrected chi connectivity index (χ2v) is 2.90. The van der Waals surface area contributed by atoms with Crippen LogP contribution in [0.5, 0.6) is 0 Å². The SMILES string of the molecule is CCC=CCCn1ccccc1=O. The molecule has 0 aliphatic rings. The van der Waals surface area contributed by atoms with Gasteiger partial charge in [-0.3, -0.25) is 4.79 Å². The number of rotatable bonds is 4. The number of allylic oxidation sites excluding steroid dienone is 2. The van der Waals surface area contributed by atoms with Crippen LogP contribution < -0.4 is 5.56 Å². The maximum Gasteiger partial charge on any atom is 0.250 e. The van der Waals surface area contributed by atoms with E-state index in [-0.39, 0.29) is 5.56 Å². The molecule has 0 saturated carbocycles. The van der Waals surface area contributed by atoms with E-state index in [1.54, 1.807) is 16.7 Å². The van der Waals surface area contributed by atoms with E-state index in [4.69, 9.17) is 0 Å². The Kier molecular flexibility index (Phi) is 4.03. The summed E-state index contributed by atoms with van der Waals surface area (Å²) in [6.07, 6.45) is 8.04. The molecule has 0 atom stereocenters. The minimum atomic E-state index is 0.0763. The van der Waals surface area contributed by atoms with Crippen molar-refractivity contribution in [1.29, 1.82) is 0 Å². The molecule has 0 aliphatic carbocycles. The Morgan fingerprint density at radius 3 is 2.92 bits per heavy atom. The summed E-state index contributed by atoms with van der Waals surface area (Å²) < 4.78 is 1.72. The quantitative estimate of drug-likeness (QED) is 0.646. The lowest BCUT2D eigenvalue weighted by molar-refractivity contribution is 0.680. The molecule has 0 bridgehead atoms. The molecule has 2 heteroatoms. The van der Waals surface area contributed by atoms with Gasteiger partial charge >= 0.3 is 0 Å². The number of aryl methyl sites for hydroxylation is 1. The zero-order chi connectivity index (χ0) is 9.52. The van der Waals surface area contributed by atoms with Crippen molar-refractivity contribution < 1.29 is 0 Å². The Balaban J connectivity index is 2.50. The number of nitrogens with zero attached hydrogens (tertiary/aromatic N) is 1. The molecule has 0 spiro atoms. The van der Waals surface area contributed by atoms with E-state index < -0.39 is 0 Å². The Labute approximate surface area is 78.5 Å². The van der Waals surface area contributed by atoms with Crippen LogP contribution >= 0.6 is 0 Å². The predicted octanol–water partition coefficient (Wildman–Crippen LogP) is 2.20. The van der Waals surface area contributed by atoms with Crippen LogP contribution in [0.3, 0.4) is 0 Å². The van der Waals surface area contributed by atoms with Crippen molar-refractivity contribution in [2.24, 2.45) is 0 Å². The van der Waals surface area contributed by atoms with Gasteiger partial charge < -0.3 is 4.57 Å². The van der Waals surface area contributed by atoms with Crippen LogP contribution in [-0.4, -0.2) is 4.57 Å². The molecule has 13 heavy (non-hydrogen) atoms. The number of pyridine rings is 1. The minimum absolute atomic E-state index is 0.0763. The Morgan fingerprint density at radius 1 is 1.38 bits per heavy atom. The predicted molar refractivity (Wildman–Crippen MR) is 54.8 cm³/mol. The third-order valence-corrected chi connectivity index (χ3v) is 1.84. The second-order valence-electron chi connectivity index (χ2n) is 2.90. The Hall–Kier alpha value is -1.31. The minimum Gasteiger partial charge on any atom is -0.315 e. The average Bonchev–Trinajstić information content (AvgIpc) is 2.15. The third-order valence-electron chi connectivity index (χ3n) is 1.84. The first kappa shape index (κ1) is 9.78. The molecule has 0 unspecified atom stereocenters. The monoisotopic (exact) mass is 177 g/mol. The molecule has 0 aliphatic heterocycles. The number of hydrogen-bond acceptors (Lipinski definition) is 1. The molecule has 2 nitrogen and oxygen atoms in total. The van der Waals surface area contributed by atoms with Crippen molar-refractivity contribution in [2.45, 2.75) is 26.3 Å². The highest BCUT2D eigenvalue weighted by molar-refractivity contribution is 4.93. The highest BCUT2D eigenvalue weighted by atomic mass is 16.1. The van der Waals surface area contributed by atoms with Gasteiger partial charge in [-0.15, -0.1) is 0 Å². The van der Waals surface area contributed by atoms with Gasteiger partial charge in [0.1, 0.15) is 0 Å². The maximum absolute atomic E-state index is 11.2. The van der Waals surface area contributed by atoms with Crippen LogP contribution in [0.4, 0.5) is 0 Å². The smallest absolute Gasteiger partial charge is 0.250 e. The van der Waals surface area contributed by atoms with Gasteiger partial charge in [-0.2, -0.15) is 0 Å². The first-order valence-electron chi connectivity index (χ1n) is 4.65. The first-order chi connectivity index (χ1) is 6.34. The maximum atomic E-state index is 11.2. The van der Waals surface area contributed by atoms with Crippen LogP contribution in [-0.2, 0) is 6.54 Å². The van der Waals surface area contributed by atoms with E-state index >= 15 is 0 Å². The van der Waals surface area contributed by atoms with Gasteiger partial charge in [-0.05, 0) is 18.9 Å². The highest BCUT2D eigenvalue weighted by Crippen LogP contribution is 1.90. The van der Waals surface area contributed by atoms with Crippen molar-refractivity contribution in [3.8, 4) is 0 Å². The van der Waals surface area contributed by atoms with Gasteiger partial charge in [0.2, 0.25) is 0 Å². The summed E-state index contributed by atoms with van der Waals surface area (Å²) in [4.78, 5) is 11.2. The number of hydrogen-bond donors (Lipinski definition) is 0. The molecule has 1 aromatic rings. The molecule has 1 rings (SSSR count).